The van der Waals surface area contributed by atoms with Gasteiger partial charge in [0.25, 0.3) is 5.56 Å². The lowest BCUT2D eigenvalue weighted by atomic mass is 10.2. The molecule has 0 aliphatic carbocycles. The Balaban J connectivity index is 1.54. The Morgan fingerprint density at radius 2 is 1.83 bits per heavy atom. The van der Waals surface area contributed by atoms with Gasteiger partial charge in [0.15, 0.2) is 5.16 Å². The minimum absolute atomic E-state index is 0.0464. The number of H-pyrrole nitrogens is 1. The van der Waals surface area contributed by atoms with E-state index in [-0.39, 0.29) is 28.0 Å². The van der Waals surface area contributed by atoms with Gasteiger partial charge in [0.2, 0.25) is 5.91 Å². The zero-order chi connectivity index (χ0) is 24.4. The molecule has 0 bridgehead atoms. The van der Waals surface area contributed by atoms with Gasteiger partial charge >= 0.3 is 0 Å². The molecule has 0 saturated heterocycles. The number of hydrogen-bond donors (Lipinski definition) is 2. The van der Waals surface area contributed by atoms with Crippen LogP contribution in [-0.2, 0) is 4.79 Å². The van der Waals surface area contributed by atoms with E-state index in [2.05, 4.69) is 10.3 Å². The van der Waals surface area contributed by atoms with E-state index in [0.717, 1.165) is 22.7 Å². The normalized spacial score (nSPS) is 11.1. The number of amides is 1. The number of halogens is 1. The minimum Gasteiger partial charge on any atom is -0.492 e. The monoisotopic (exact) mass is 488 g/mol. The van der Waals surface area contributed by atoms with Gasteiger partial charge in [-0.15, -0.1) is 0 Å². The minimum atomic E-state index is -0.566. The zero-order valence-corrected chi connectivity index (χ0v) is 19.6. The van der Waals surface area contributed by atoms with Crippen LogP contribution in [0, 0.1) is 5.82 Å². The van der Waals surface area contributed by atoms with Crippen LogP contribution in [0.15, 0.2) is 82.7 Å². The second-order valence-electron chi connectivity index (χ2n) is 7.65. The fourth-order valence-electron chi connectivity index (χ4n) is 3.85. The number of nitrogens with one attached hydrogen (secondary N) is 2. The summed E-state index contributed by atoms with van der Waals surface area (Å²) in [6.07, 6.45) is 0. The van der Waals surface area contributed by atoms with E-state index in [1.807, 2.05) is 37.3 Å². The molecular formula is C26H21FN4O3S. The summed E-state index contributed by atoms with van der Waals surface area (Å²) in [5, 5.41) is 3.82. The predicted octanol–water partition coefficient (Wildman–Crippen LogP) is 5.14. The number of aromatic nitrogens is 3. The Hall–Kier alpha value is -4.11. The van der Waals surface area contributed by atoms with Gasteiger partial charge in [-0.3, -0.25) is 14.2 Å². The van der Waals surface area contributed by atoms with Crippen molar-refractivity contribution < 1.29 is 13.9 Å². The maximum Gasteiger partial charge on any atom is 0.283 e. The molecular weight excluding hydrogens is 467 g/mol. The van der Waals surface area contributed by atoms with Crippen molar-refractivity contribution in [2.45, 2.75) is 12.1 Å². The highest BCUT2D eigenvalue weighted by Crippen LogP contribution is 2.28. The fraction of sp³-hybridized carbons (Fsp3) is 0.115. The van der Waals surface area contributed by atoms with E-state index in [4.69, 9.17) is 9.72 Å². The molecule has 0 atom stereocenters. The molecule has 0 radical (unpaired) electrons. The SMILES string of the molecule is CCOc1ccccc1NC(=O)CSc1nc2c([nH]c3ccccc32)c(=O)n1-c1ccccc1F. The Kier molecular flexibility index (Phi) is 6.24. The summed E-state index contributed by atoms with van der Waals surface area (Å²) in [5.41, 5.74) is 1.67. The molecule has 0 unspecified atom stereocenters. The third kappa shape index (κ3) is 4.38. The van der Waals surface area contributed by atoms with Crippen LogP contribution in [0.2, 0.25) is 0 Å². The summed E-state index contributed by atoms with van der Waals surface area (Å²) in [5.74, 6) is -0.357. The first-order valence-corrected chi connectivity index (χ1v) is 12.0. The first-order valence-electron chi connectivity index (χ1n) is 11.0. The van der Waals surface area contributed by atoms with E-state index < -0.39 is 11.4 Å². The Morgan fingerprint density at radius 1 is 1.09 bits per heavy atom. The number of carbonyl (C=O) groups excluding carboxylic acids is 1. The number of aromatic amines is 1. The van der Waals surface area contributed by atoms with Crippen LogP contribution in [0.1, 0.15) is 6.92 Å². The quantitative estimate of drug-likeness (QED) is 0.245. The Bertz CT molecular complexity index is 1610. The molecule has 9 heteroatoms. The fourth-order valence-corrected chi connectivity index (χ4v) is 4.65. The molecule has 176 valence electrons. The number of carbonyl (C=O) groups is 1. The van der Waals surface area contributed by atoms with Crippen molar-refractivity contribution in [1.29, 1.82) is 0 Å². The van der Waals surface area contributed by atoms with Crippen LogP contribution in [0.4, 0.5) is 10.1 Å². The van der Waals surface area contributed by atoms with Crippen LogP contribution in [0.3, 0.4) is 0 Å². The molecule has 2 aromatic heterocycles. The number of para-hydroxylation sites is 4. The topological polar surface area (TPSA) is 89.0 Å². The molecule has 2 heterocycles. The van der Waals surface area contributed by atoms with Crippen molar-refractivity contribution in [3.05, 3.63) is 89.0 Å². The summed E-state index contributed by atoms with van der Waals surface area (Å²) >= 11 is 1.06. The summed E-state index contributed by atoms with van der Waals surface area (Å²) in [6.45, 7) is 2.33. The molecule has 0 saturated carbocycles. The van der Waals surface area contributed by atoms with Crippen LogP contribution >= 0.6 is 11.8 Å². The largest absolute Gasteiger partial charge is 0.492 e. The van der Waals surface area contributed by atoms with Gasteiger partial charge in [0.1, 0.15) is 22.6 Å². The summed E-state index contributed by atoms with van der Waals surface area (Å²) < 4.78 is 21.5. The zero-order valence-electron chi connectivity index (χ0n) is 18.7. The number of benzene rings is 3. The van der Waals surface area contributed by atoms with E-state index in [1.54, 1.807) is 30.3 Å². The third-order valence-corrected chi connectivity index (χ3v) is 6.32. The third-order valence-electron chi connectivity index (χ3n) is 5.38. The molecule has 5 aromatic rings. The van der Waals surface area contributed by atoms with Crippen molar-refractivity contribution in [2.24, 2.45) is 0 Å². The number of ether oxygens (including phenoxy) is 1. The van der Waals surface area contributed by atoms with Crippen LogP contribution < -0.4 is 15.6 Å². The molecule has 0 aliphatic heterocycles. The van der Waals surface area contributed by atoms with Crippen molar-refractivity contribution in [3.8, 4) is 11.4 Å². The maximum absolute atomic E-state index is 14.7. The molecule has 0 fully saturated rings. The lowest BCUT2D eigenvalue weighted by Crippen LogP contribution is -2.23. The van der Waals surface area contributed by atoms with Gasteiger partial charge in [0, 0.05) is 10.9 Å². The van der Waals surface area contributed by atoms with E-state index in [1.165, 1.54) is 16.7 Å². The first-order chi connectivity index (χ1) is 17.1. The first kappa shape index (κ1) is 22.7. The van der Waals surface area contributed by atoms with Gasteiger partial charge in [-0.2, -0.15) is 0 Å². The highest BCUT2D eigenvalue weighted by Gasteiger charge is 2.20. The Morgan fingerprint density at radius 3 is 2.66 bits per heavy atom. The van der Waals surface area contributed by atoms with Crippen LogP contribution in [-0.4, -0.2) is 32.8 Å². The highest BCUT2D eigenvalue weighted by molar-refractivity contribution is 7.99. The molecule has 2 N–H and O–H groups in total. The van der Waals surface area contributed by atoms with E-state index in [0.29, 0.717) is 23.6 Å². The predicted molar refractivity (Wildman–Crippen MR) is 136 cm³/mol. The second-order valence-corrected chi connectivity index (χ2v) is 8.59. The van der Waals surface area contributed by atoms with Crippen molar-refractivity contribution in [3.63, 3.8) is 0 Å². The average molecular weight is 489 g/mol. The molecule has 3 aromatic carbocycles. The summed E-state index contributed by atoms with van der Waals surface area (Å²) in [6, 6.07) is 20.5. The number of nitrogens with zero attached hydrogens (tertiary/aromatic N) is 2. The lowest BCUT2D eigenvalue weighted by molar-refractivity contribution is -0.113. The molecule has 0 spiro atoms. The highest BCUT2D eigenvalue weighted by atomic mass is 32.2. The molecule has 0 aliphatic rings. The van der Waals surface area contributed by atoms with Crippen LogP contribution in [0.25, 0.3) is 27.6 Å². The van der Waals surface area contributed by atoms with Crippen molar-refractivity contribution in [2.75, 3.05) is 17.7 Å². The van der Waals surface area contributed by atoms with Gasteiger partial charge < -0.3 is 15.0 Å². The summed E-state index contributed by atoms with van der Waals surface area (Å²) in [7, 11) is 0. The Labute approximate surface area is 204 Å². The average Bonchev–Trinajstić information content (AvgIpc) is 3.24. The van der Waals surface area contributed by atoms with Gasteiger partial charge in [-0.05, 0) is 37.3 Å². The molecule has 5 rings (SSSR count). The van der Waals surface area contributed by atoms with Gasteiger partial charge in [-0.1, -0.05) is 54.2 Å². The van der Waals surface area contributed by atoms with E-state index in [9.17, 15) is 14.0 Å². The number of hydrogen-bond acceptors (Lipinski definition) is 5. The molecule has 35 heavy (non-hydrogen) atoms. The van der Waals surface area contributed by atoms with Crippen molar-refractivity contribution in [1.82, 2.24) is 14.5 Å². The second kappa shape index (κ2) is 9.63. The number of thioether (sulfide) groups is 1. The summed E-state index contributed by atoms with van der Waals surface area (Å²) in [4.78, 5) is 34.1. The number of fused-ring (bicyclic) bond motifs is 3. The molecule has 1 amide bonds. The molecule has 7 nitrogen and oxygen atoms in total. The van der Waals surface area contributed by atoms with Crippen molar-refractivity contribution >= 4 is 45.3 Å². The van der Waals surface area contributed by atoms with Crippen LogP contribution in [0.5, 0.6) is 5.75 Å². The van der Waals surface area contributed by atoms with Gasteiger partial charge in [-0.25, -0.2) is 9.37 Å². The number of anilines is 1. The maximum atomic E-state index is 14.7. The lowest BCUT2D eigenvalue weighted by Gasteiger charge is -2.14. The standard InChI is InChI=1S/C26H21FN4O3S/c1-2-34-21-14-8-6-12-19(21)28-22(32)15-35-26-30-23-16-9-3-5-11-18(16)29-24(23)25(33)31(26)20-13-7-4-10-17(20)27/h3-14,29H,2,15H2,1H3,(H,28,32). The smallest absolute Gasteiger partial charge is 0.283 e. The number of rotatable bonds is 7. The van der Waals surface area contributed by atoms with Gasteiger partial charge in [0.05, 0.1) is 23.7 Å². The van der Waals surface area contributed by atoms with E-state index >= 15 is 0 Å².